The Balaban J connectivity index is 1.99. The molecule has 0 aromatic heterocycles. The van der Waals surface area contributed by atoms with Gasteiger partial charge in [0.25, 0.3) is 0 Å². The largest absolute Gasteiger partial charge is 0.399 e. The van der Waals surface area contributed by atoms with Crippen molar-refractivity contribution in [3.8, 4) is 0 Å². The van der Waals surface area contributed by atoms with E-state index in [4.69, 9.17) is 5.73 Å². The third kappa shape index (κ3) is 3.25. The van der Waals surface area contributed by atoms with E-state index >= 15 is 0 Å². The van der Waals surface area contributed by atoms with Gasteiger partial charge < -0.3 is 16.2 Å². The molecule has 0 aliphatic rings. The number of aliphatic hydroxyl groups excluding tert-OH is 1. The van der Waals surface area contributed by atoms with Crippen molar-refractivity contribution in [2.45, 2.75) is 13.0 Å². The quantitative estimate of drug-likeness (QED) is 0.722. The summed E-state index contributed by atoms with van der Waals surface area (Å²) in [6.45, 7) is 2.46. The summed E-state index contributed by atoms with van der Waals surface area (Å²) in [4.78, 5) is 0. The molecule has 0 bridgehead atoms. The summed E-state index contributed by atoms with van der Waals surface area (Å²) in [5, 5.41) is 13.2. The van der Waals surface area contributed by atoms with Crippen LogP contribution >= 0.6 is 0 Å². The van der Waals surface area contributed by atoms with Gasteiger partial charge in [0.05, 0.1) is 6.10 Å². The molecule has 0 aliphatic heterocycles. The van der Waals surface area contributed by atoms with Crippen LogP contribution < -0.4 is 11.1 Å². The van der Waals surface area contributed by atoms with E-state index in [9.17, 15) is 5.11 Å². The molecule has 1 atom stereocenters. The molecule has 18 heavy (non-hydrogen) atoms. The fourth-order valence-corrected chi connectivity index (χ4v) is 1.92. The lowest BCUT2D eigenvalue weighted by molar-refractivity contribution is 0.191. The van der Waals surface area contributed by atoms with Crippen LogP contribution in [-0.4, -0.2) is 11.7 Å². The van der Waals surface area contributed by atoms with Gasteiger partial charge in [-0.05, 0) is 36.2 Å². The zero-order valence-electron chi connectivity index (χ0n) is 10.4. The minimum Gasteiger partial charge on any atom is -0.399 e. The van der Waals surface area contributed by atoms with Gasteiger partial charge in [0, 0.05) is 17.9 Å². The van der Waals surface area contributed by atoms with E-state index < -0.39 is 6.10 Å². The highest BCUT2D eigenvalue weighted by molar-refractivity contribution is 5.56. The lowest BCUT2D eigenvalue weighted by atomic mass is 10.1. The normalized spacial score (nSPS) is 12.1. The van der Waals surface area contributed by atoms with Crippen molar-refractivity contribution in [2.75, 3.05) is 17.6 Å². The minimum atomic E-state index is -0.520. The molecule has 0 heterocycles. The van der Waals surface area contributed by atoms with E-state index in [1.807, 2.05) is 55.5 Å². The average molecular weight is 242 g/mol. The van der Waals surface area contributed by atoms with Crippen LogP contribution in [0.1, 0.15) is 17.2 Å². The molecule has 0 spiro atoms. The predicted molar refractivity (Wildman–Crippen MR) is 75.5 cm³/mol. The molecule has 2 rings (SSSR count). The van der Waals surface area contributed by atoms with Crippen molar-refractivity contribution in [1.29, 1.82) is 0 Å². The highest BCUT2D eigenvalue weighted by atomic mass is 16.3. The van der Waals surface area contributed by atoms with Crippen LogP contribution in [0, 0.1) is 6.92 Å². The summed E-state index contributed by atoms with van der Waals surface area (Å²) in [7, 11) is 0. The summed E-state index contributed by atoms with van der Waals surface area (Å²) in [5.41, 5.74) is 9.45. The summed E-state index contributed by atoms with van der Waals surface area (Å²) < 4.78 is 0. The summed E-state index contributed by atoms with van der Waals surface area (Å²) in [5.74, 6) is 0. The Kier molecular flexibility index (Phi) is 3.85. The monoisotopic (exact) mass is 242 g/mol. The Labute approximate surface area is 107 Å². The second kappa shape index (κ2) is 5.56. The maximum absolute atomic E-state index is 10.0. The first kappa shape index (κ1) is 12.5. The molecule has 1 unspecified atom stereocenters. The van der Waals surface area contributed by atoms with Crippen LogP contribution in [-0.2, 0) is 0 Å². The van der Waals surface area contributed by atoms with Crippen LogP contribution in [0.25, 0.3) is 0 Å². The highest BCUT2D eigenvalue weighted by Crippen LogP contribution is 2.18. The van der Waals surface area contributed by atoms with E-state index in [1.54, 1.807) is 0 Å². The van der Waals surface area contributed by atoms with Gasteiger partial charge in [0.15, 0.2) is 0 Å². The number of aliphatic hydroxyl groups is 1. The Morgan fingerprint density at radius 3 is 2.56 bits per heavy atom. The van der Waals surface area contributed by atoms with Gasteiger partial charge >= 0.3 is 0 Å². The second-order valence-electron chi connectivity index (χ2n) is 4.44. The minimum absolute atomic E-state index is 0.465. The lowest BCUT2D eigenvalue weighted by Gasteiger charge is -2.14. The standard InChI is InChI=1S/C15H18N2O/c1-11-7-13(16)9-14(8-11)17-10-15(18)12-5-3-2-4-6-12/h2-9,15,17-18H,10,16H2,1H3. The van der Waals surface area contributed by atoms with Crippen molar-refractivity contribution in [1.82, 2.24) is 0 Å². The molecule has 0 amide bonds. The van der Waals surface area contributed by atoms with E-state index in [1.165, 1.54) is 0 Å². The van der Waals surface area contributed by atoms with Gasteiger partial charge in [-0.3, -0.25) is 0 Å². The molecule has 2 aromatic rings. The summed E-state index contributed by atoms with van der Waals surface area (Å²) in [6.07, 6.45) is -0.520. The van der Waals surface area contributed by atoms with Gasteiger partial charge in [-0.1, -0.05) is 30.3 Å². The van der Waals surface area contributed by atoms with E-state index in [-0.39, 0.29) is 0 Å². The van der Waals surface area contributed by atoms with Crippen LogP contribution in [0.4, 0.5) is 11.4 Å². The fourth-order valence-electron chi connectivity index (χ4n) is 1.92. The summed E-state index contributed by atoms with van der Waals surface area (Å²) in [6, 6.07) is 15.4. The maximum atomic E-state index is 10.0. The van der Waals surface area contributed by atoms with Crippen LogP contribution in [0.15, 0.2) is 48.5 Å². The fraction of sp³-hybridized carbons (Fsp3) is 0.200. The smallest absolute Gasteiger partial charge is 0.0962 e. The number of hydrogen-bond donors (Lipinski definition) is 3. The number of aryl methyl sites for hydroxylation is 1. The van der Waals surface area contributed by atoms with Crippen molar-refractivity contribution >= 4 is 11.4 Å². The maximum Gasteiger partial charge on any atom is 0.0962 e. The average Bonchev–Trinajstić information content (AvgIpc) is 2.36. The third-order valence-electron chi connectivity index (χ3n) is 2.78. The molecular formula is C15H18N2O. The Morgan fingerprint density at radius 2 is 1.89 bits per heavy atom. The number of nitrogen functional groups attached to an aromatic ring is 1. The lowest BCUT2D eigenvalue weighted by Crippen LogP contribution is -2.12. The Morgan fingerprint density at radius 1 is 1.17 bits per heavy atom. The number of benzene rings is 2. The first-order valence-electron chi connectivity index (χ1n) is 5.99. The molecule has 0 aliphatic carbocycles. The van der Waals surface area contributed by atoms with E-state index in [2.05, 4.69) is 5.32 Å². The number of hydrogen-bond acceptors (Lipinski definition) is 3. The second-order valence-corrected chi connectivity index (χ2v) is 4.44. The van der Waals surface area contributed by atoms with Crippen LogP contribution in [0.3, 0.4) is 0 Å². The Hall–Kier alpha value is -2.00. The summed E-state index contributed by atoms with van der Waals surface area (Å²) >= 11 is 0. The molecular weight excluding hydrogens is 224 g/mol. The van der Waals surface area contributed by atoms with Crippen LogP contribution in [0.2, 0.25) is 0 Å². The number of nitrogens with one attached hydrogen (secondary N) is 1. The molecule has 0 radical (unpaired) electrons. The molecule has 2 aromatic carbocycles. The highest BCUT2D eigenvalue weighted by Gasteiger charge is 2.06. The molecule has 3 nitrogen and oxygen atoms in total. The van der Waals surface area contributed by atoms with Crippen LogP contribution in [0.5, 0.6) is 0 Å². The van der Waals surface area contributed by atoms with E-state index in [0.717, 1.165) is 22.5 Å². The van der Waals surface area contributed by atoms with Gasteiger partial charge in [0.1, 0.15) is 0 Å². The van der Waals surface area contributed by atoms with Crippen molar-refractivity contribution in [3.63, 3.8) is 0 Å². The molecule has 0 saturated heterocycles. The zero-order valence-corrected chi connectivity index (χ0v) is 10.4. The molecule has 0 fully saturated rings. The van der Waals surface area contributed by atoms with Crippen molar-refractivity contribution in [2.24, 2.45) is 0 Å². The Bertz CT molecular complexity index is 491. The first-order valence-corrected chi connectivity index (χ1v) is 5.99. The van der Waals surface area contributed by atoms with Crippen molar-refractivity contribution < 1.29 is 5.11 Å². The third-order valence-corrected chi connectivity index (χ3v) is 2.78. The molecule has 4 N–H and O–H groups in total. The SMILES string of the molecule is Cc1cc(N)cc(NCC(O)c2ccccc2)c1. The van der Waals surface area contributed by atoms with E-state index in [0.29, 0.717) is 6.54 Å². The number of anilines is 2. The topological polar surface area (TPSA) is 58.3 Å². The van der Waals surface area contributed by atoms with Gasteiger partial charge in [-0.15, -0.1) is 0 Å². The van der Waals surface area contributed by atoms with Crippen molar-refractivity contribution in [3.05, 3.63) is 59.7 Å². The van der Waals surface area contributed by atoms with Gasteiger partial charge in [-0.2, -0.15) is 0 Å². The van der Waals surface area contributed by atoms with Gasteiger partial charge in [-0.25, -0.2) is 0 Å². The zero-order chi connectivity index (χ0) is 13.0. The number of rotatable bonds is 4. The van der Waals surface area contributed by atoms with Gasteiger partial charge in [0.2, 0.25) is 0 Å². The first-order chi connectivity index (χ1) is 8.65. The molecule has 0 saturated carbocycles. The number of nitrogens with two attached hydrogens (primary N) is 1. The molecule has 94 valence electrons. The predicted octanol–water partition coefficient (Wildman–Crippen LogP) is 2.72. The molecule has 3 heteroatoms.